The van der Waals surface area contributed by atoms with Crippen LogP contribution in [0.25, 0.3) is 0 Å². The number of halogens is 1. The van der Waals surface area contributed by atoms with Crippen molar-refractivity contribution in [2.45, 2.75) is 38.1 Å². The average Bonchev–Trinajstić information content (AvgIpc) is 3.24. The second-order valence-corrected chi connectivity index (χ2v) is 8.81. The Balaban J connectivity index is 0.00000261. The molecule has 0 radical (unpaired) electrons. The molecule has 1 aliphatic heterocycles. The van der Waals surface area contributed by atoms with Gasteiger partial charge >= 0.3 is 0 Å². The highest BCUT2D eigenvalue weighted by Gasteiger charge is 2.27. The largest absolute Gasteiger partial charge is 0.355 e. The van der Waals surface area contributed by atoms with Gasteiger partial charge in [0.15, 0.2) is 5.96 Å². The molecule has 1 aromatic heterocycles. The van der Waals surface area contributed by atoms with Gasteiger partial charge in [0.25, 0.3) is 0 Å². The van der Waals surface area contributed by atoms with E-state index in [0.717, 1.165) is 51.5 Å². The molecule has 0 spiro atoms. The van der Waals surface area contributed by atoms with Gasteiger partial charge in [-0.15, -0.1) is 35.3 Å². The molecule has 8 heteroatoms. The minimum Gasteiger partial charge on any atom is -0.355 e. The number of rotatable bonds is 6. The Morgan fingerprint density at radius 1 is 1.30 bits per heavy atom. The van der Waals surface area contributed by atoms with Crippen LogP contribution in [0.4, 0.5) is 0 Å². The Kier molecular flexibility index (Phi) is 8.36. The summed E-state index contributed by atoms with van der Waals surface area (Å²) in [5.74, 6) is 1.12. The minimum atomic E-state index is 0. The van der Waals surface area contributed by atoms with E-state index in [-0.39, 0.29) is 35.3 Å². The molecule has 27 heavy (non-hydrogen) atoms. The predicted molar refractivity (Wildman–Crippen MR) is 123 cm³/mol. The lowest BCUT2D eigenvalue weighted by molar-refractivity contribution is -0.122. The van der Waals surface area contributed by atoms with Crippen molar-refractivity contribution in [2.24, 2.45) is 4.99 Å². The van der Waals surface area contributed by atoms with Gasteiger partial charge in [-0.25, -0.2) is 0 Å². The molecule has 0 atom stereocenters. The molecule has 152 valence electrons. The highest BCUT2D eigenvalue weighted by Crippen LogP contribution is 2.26. The van der Waals surface area contributed by atoms with Gasteiger partial charge < -0.3 is 15.5 Å². The van der Waals surface area contributed by atoms with Crippen LogP contribution in [-0.2, 0) is 10.2 Å². The lowest BCUT2D eigenvalue weighted by Crippen LogP contribution is -2.55. The molecule has 2 aliphatic rings. The monoisotopic (exact) mass is 505 g/mol. The number of hydrogen-bond donors (Lipinski definition) is 2. The first-order valence-corrected chi connectivity index (χ1v) is 10.4. The number of nitrogens with one attached hydrogen (secondary N) is 2. The lowest BCUT2D eigenvalue weighted by Gasteiger charge is -2.37. The molecule has 1 amide bonds. The fourth-order valence-corrected chi connectivity index (χ4v) is 4.06. The first-order valence-electron chi connectivity index (χ1n) is 9.49. The van der Waals surface area contributed by atoms with E-state index in [1.807, 2.05) is 7.05 Å². The molecule has 2 fully saturated rings. The zero-order chi connectivity index (χ0) is 18.6. The summed E-state index contributed by atoms with van der Waals surface area (Å²) in [6, 6.07) is 4.74. The normalized spacial score (nSPS) is 18.8. The zero-order valence-corrected chi connectivity index (χ0v) is 19.7. The van der Waals surface area contributed by atoms with Crippen LogP contribution in [0.1, 0.15) is 31.6 Å². The van der Waals surface area contributed by atoms with E-state index in [2.05, 4.69) is 56.8 Å². The molecule has 0 bridgehead atoms. The molecule has 1 saturated carbocycles. The molecule has 6 nitrogen and oxygen atoms in total. The van der Waals surface area contributed by atoms with Crippen molar-refractivity contribution < 1.29 is 4.79 Å². The lowest BCUT2D eigenvalue weighted by atomic mass is 9.91. The van der Waals surface area contributed by atoms with Crippen molar-refractivity contribution in [2.75, 3.05) is 46.3 Å². The Hall–Kier alpha value is -0.870. The fourth-order valence-electron chi connectivity index (χ4n) is 3.20. The van der Waals surface area contributed by atoms with Crippen LogP contribution >= 0.6 is 35.3 Å². The fraction of sp³-hybridized carbons (Fsp3) is 0.684. The number of carbonyl (C=O) groups is 1. The third-order valence-electron chi connectivity index (χ3n) is 5.07. The number of aliphatic imine (C=N–C) groups is 1. The van der Waals surface area contributed by atoms with Gasteiger partial charge in [0.1, 0.15) is 0 Å². The van der Waals surface area contributed by atoms with E-state index in [1.165, 1.54) is 4.88 Å². The predicted octanol–water partition coefficient (Wildman–Crippen LogP) is 2.12. The van der Waals surface area contributed by atoms with E-state index in [0.29, 0.717) is 12.6 Å². The molecule has 0 aromatic carbocycles. The molecular formula is C19H32IN5OS. The van der Waals surface area contributed by atoms with Gasteiger partial charge in [-0.2, -0.15) is 0 Å². The van der Waals surface area contributed by atoms with Gasteiger partial charge in [-0.1, -0.05) is 19.9 Å². The summed E-state index contributed by atoms with van der Waals surface area (Å²) >= 11 is 1.80. The van der Waals surface area contributed by atoms with Crippen molar-refractivity contribution in [1.82, 2.24) is 20.4 Å². The van der Waals surface area contributed by atoms with Gasteiger partial charge in [0.2, 0.25) is 5.91 Å². The molecule has 2 N–H and O–H groups in total. The first-order chi connectivity index (χ1) is 12.5. The second-order valence-electron chi connectivity index (χ2n) is 7.87. The van der Waals surface area contributed by atoms with Crippen LogP contribution in [0.5, 0.6) is 0 Å². The number of thiophene rings is 1. The highest BCUT2D eigenvalue weighted by molar-refractivity contribution is 14.0. The third kappa shape index (κ3) is 6.60. The summed E-state index contributed by atoms with van der Waals surface area (Å²) in [6.45, 7) is 9.48. The van der Waals surface area contributed by atoms with Gasteiger partial charge in [-0.05, 0) is 24.3 Å². The van der Waals surface area contributed by atoms with Crippen molar-refractivity contribution >= 4 is 47.2 Å². The Morgan fingerprint density at radius 3 is 2.56 bits per heavy atom. The van der Waals surface area contributed by atoms with Crippen LogP contribution < -0.4 is 10.6 Å². The molecule has 1 saturated heterocycles. The van der Waals surface area contributed by atoms with E-state index >= 15 is 0 Å². The topological polar surface area (TPSA) is 60.0 Å². The SMILES string of the molecule is CN=C(NCC(C)(C)c1cccs1)N1CCN(CC(=O)NC2CC2)CC1.I. The van der Waals surface area contributed by atoms with Crippen LogP contribution in [0, 0.1) is 0 Å². The smallest absolute Gasteiger partial charge is 0.234 e. The van der Waals surface area contributed by atoms with Crippen LogP contribution in [-0.4, -0.2) is 74.0 Å². The number of guanidine groups is 1. The molecular weight excluding hydrogens is 473 g/mol. The van der Waals surface area contributed by atoms with Crippen molar-refractivity contribution in [1.29, 1.82) is 0 Å². The molecule has 1 aromatic rings. The van der Waals surface area contributed by atoms with Crippen LogP contribution in [0.15, 0.2) is 22.5 Å². The summed E-state index contributed by atoms with van der Waals surface area (Å²) in [4.78, 5) is 22.3. The maximum Gasteiger partial charge on any atom is 0.234 e. The molecule has 1 aliphatic carbocycles. The first kappa shape index (κ1) is 22.4. The summed E-state index contributed by atoms with van der Waals surface area (Å²) < 4.78 is 0. The molecule has 2 heterocycles. The average molecular weight is 505 g/mol. The van der Waals surface area contributed by atoms with Crippen LogP contribution in [0.2, 0.25) is 0 Å². The van der Waals surface area contributed by atoms with Crippen molar-refractivity contribution in [3.05, 3.63) is 22.4 Å². The summed E-state index contributed by atoms with van der Waals surface area (Å²) in [6.07, 6.45) is 2.28. The number of hydrogen-bond acceptors (Lipinski definition) is 4. The Morgan fingerprint density at radius 2 is 2.00 bits per heavy atom. The number of carbonyl (C=O) groups excluding carboxylic acids is 1. The Bertz CT molecular complexity index is 622. The number of piperazine rings is 1. The second kappa shape index (κ2) is 10.1. The van der Waals surface area contributed by atoms with E-state index < -0.39 is 0 Å². The summed E-state index contributed by atoms with van der Waals surface area (Å²) in [5, 5.41) is 8.74. The van der Waals surface area contributed by atoms with E-state index in [1.54, 1.807) is 11.3 Å². The number of amides is 1. The highest BCUT2D eigenvalue weighted by atomic mass is 127. The van der Waals surface area contributed by atoms with Crippen molar-refractivity contribution in [3.63, 3.8) is 0 Å². The van der Waals surface area contributed by atoms with Gasteiger partial charge in [0.05, 0.1) is 6.54 Å². The quantitative estimate of drug-likeness (QED) is 0.354. The minimum absolute atomic E-state index is 0. The molecule has 3 rings (SSSR count). The standard InChI is InChI=1S/C19H31N5OS.HI/c1-19(2,16-5-4-12-26-16)14-21-18(20-3)24-10-8-23(9-11-24)13-17(25)22-15-6-7-15;/h4-5,12,15H,6-11,13-14H2,1-3H3,(H,20,21)(H,22,25);1H. The van der Waals surface area contributed by atoms with Crippen LogP contribution in [0.3, 0.4) is 0 Å². The Labute approximate surface area is 183 Å². The maximum atomic E-state index is 12.0. The molecule has 0 unspecified atom stereocenters. The van der Waals surface area contributed by atoms with Crippen molar-refractivity contribution in [3.8, 4) is 0 Å². The van der Waals surface area contributed by atoms with Gasteiger partial charge in [-0.3, -0.25) is 14.7 Å². The van der Waals surface area contributed by atoms with E-state index in [9.17, 15) is 4.79 Å². The number of nitrogens with zero attached hydrogens (tertiary/aromatic N) is 3. The maximum absolute atomic E-state index is 12.0. The van der Waals surface area contributed by atoms with E-state index in [4.69, 9.17) is 0 Å². The third-order valence-corrected chi connectivity index (χ3v) is 6.31. The van der Waals surface area contributed by atoms with Gasteiger partial charge in [0, 0.05) is 56.1 Å². The summed E-state index contributed by atoms with van der Waals surface area (Å²) in [5.41, 5.74) is 0.0762. The zero-order valence-electron chi connectivity index (χ0n) is 16.5. The summed E-state index contributed by atoms with van der Waals surface area (Å²) in [7, 11) is 1.84.